The van der Waals surface area contributed by atoms with Crippen LogP contribution in [0, 0.1) is 0 Å². The second-order valence-corrected chi connectivity index (χ2v) is 3.51. The summed E-state index contributed by atoms with van der Waals surface area (Å²) in [6.07, 6.45) is 3.18. The van der Waals surface area contributed by atoms with E-state index in [4.69, 9.17) is 9.84 Å². The van der Waals surface area contributed by atoms with Gasteiger partial charge in [-0.1, -0.05) is 12.1 Å². The molecule has 0 spiro atoms. The number of rotatable bonds is 4. The van der Waals surface area contributed by atoms with Gasteiger partial charge in [0.25, 0.3) is 0 Å². The monoisotopic (exact) mass is 232 g/mol. The lowest BCUT2D eigenvalue weighted by molar-refractivity contribution is -0.136. The molecule has 5 nitrogen and oxygen atoms in total. The topological polar surface area (TPSA) is 64.4 Å². The summed E-state index contributed by atoms with van der Waals surface area (Å²) >= 11 is 0. The molecule has 2 aromatic rings. The van der Waals surface area contributed by atoms with Gasteiger partial charge >= 0.3 is 5.97 Å². The minimum absolute atomic E-state index is 0.0812. The molecule has 1 N–H and O–H groups in total. The van der Waals surface area contributed by atoms with E-state index in [1.807, 2.05) is 24.3 Å². The standard InChI is InChI=1S/C12H12N2O3/c1-17-11-5-3-2-4-10(11)14-7-9(13-8-14)6-12(15)16/h2-5,7-8H,6H2,1H3,(H,15,16). The summed E-state index contributed by atoms with van der Waals surface area (Å²) in [7, 11) is 1.59. The quantitative estimate of drug-likeness (QED) is 0.867. The van der Waals surface area contributed by atoms with Gasteiger partial charge in [-0.05, 0) is 12.1 Å². The average Bonchev–Trinajstić information content (AvgIpc) is 2.76. The van der Waals surface area contributed by atoms with Crippen molar-refractivity contribution in [3.8, 4) is 11.4 Å². The molecule has 0 radical (unpaired) electrons. The molecule has 0 atom stereocenters. The highest BCUT2D eigenvalue weighted by atomic mass is 16.5. The van der Waals surface area contributed by atoms with Crippen molar-refractivity contribution >= 4 is 5.97 Å². The number of aliphatic carboxylic acids is 1. The lowest BCUT2D eigenvalue weighted by Crippen LogP contribution is -2.00. The summed E-state index contributed by atoms with van der Waals surface area (Å²) in [4.78, 5) is 14.6. The van der Waals surface area contributed by atoms with Crippen molar-refractivity contribution in [2.45, 2.75) is 6.42 Å². The molecule has 0 saturated carbocycles. The van der Waals surface area contributed by atoms with Crippen LogP contribution in [0.4, 0.5) is 0 Å². The summed E-state index contributed by atoms with van der Waals surface area (Å²) in [5, 5.41) is 8.67. The fraction of sp³-hybridized carbons (Fsp3) is 0.167. The number of aromatic nitrogens is 2. The van der Waals surface area contributed by atoms with Gasteiger partial charge in [-0.2, -0.15) is 0 Å². The predicted molar refractivity (Wildman–Crippen MR) is 61.5 cm³/mol. The number of imidazole rings is 1. The SMILES string of the molecule is COc1ccccc1-n1cnc(CC(=O)O)c1. The molecular formula is C12H12N2O3. The Morgan fingerprint density at radius 2 is 2.24 bits per heavy atom. The van der Waals surface area contributed by atoms with Crippen LogP contribution in [0.15, 0.2) is 36.8 Å². The Morgan fingerprint density at radius 1 is 1.47 bits per heavy atom. The minimum atomic E-state index is -0.893. The second kappa shape index (κ2) is 4.69. The Balaban J connectivity index is 2.33. The zero-order valence-corrected chi connectivity index (χ0v) is 9.33. The largest absolute Gasteiger partial charge is 0.495 e. The van der Waals surface area contributed by atoms with E-state index in [0.29, 0.717) is 11.4 Å². The van der Waals surface area contributed by atoms with Gasteiger partial charge < -0.3 is 14.4 Å². The molecule has 1 aromatic heterocycles. The van der Waals surface area contributed by atoms with E-state index >= 15 is 0 Å². The highest BCUT2D eigenvalue weighted by molar-refractivity contribution is 5.69. The van der Waals surface area contributed by atoms with Crippen molar-refractivity contribution in [1.82, 2.24) is 9.55 Å². The van der Waals surface area contributed by atoms with Crippen LogP contribution in [0.5, 0.6) is 5.75 Å². The first-order valence-electron chi connectivity index (χ1n) is 5.09. The third kappa shape index (κ3) is 2.44. The van der Waals surface area contributed by atoms with Gasteiger partial charge in [0, 0.05) is 6.20 Å². The van der Waals surface area contributed by atoms with Crippen LogP contribution in [-0.2, 0) is 11.2 Å². The number of nitrogens with zero attached hydrogens (tertiary/aromatic N) is 2. The molecule has 2 rings (SSSR count). The maximum absolute atomic E-state index is 10.6. The fourth-order valence-electron chi connectivity index (χ4n) is 1.58. The first-order chi connectivity index (χ1) is 8.20. The Kier molecular flexibility index (Phi) is 3.09. The number of carboxylic acid groups (broad SMARTS) is 1. The van der Waals surface area contributed by atoms with Gasteiger partial charge in [-0.25, -0.2) is 4.98 Å². The van der Waals surface area contributed by atoms with Crippen LogP contribution < -0.4 is 4.74 Å². The van der Waals surface area contributed by atoms with Gasteiger partial charge in [-0.3, -0.25) is 4.79 Å². The van der Waals surface area contributed by atoms with Crippen molar-refractivity contribution in [3.05, 3.63) is 42.5 Å². The van der Waals surface area contributed by atoms with E-state index in [9.17, 15) is 4.79 Å². The second-order valence-electron chi connectivity index (χ2n) is 3.51. The highest BCUT2D eigenvalue weighted by Gasteiger charge is 2.07. The Labute approximate surface area is 98.3 Å². The fourth-order valence-corrected chi connectivity index (χ4v) is 1.58. The highest BCUT2D eigenvalue weighted by Crippen LogP contribution is 2.21. The molecule has 1 aromatic carbocycles. The predicted octanol–water partition coefficient (Wildman–Crippen LogP) is 1.51. The molecule has 1 heterocycles. The van der Waals surface area contributed by atoms with Crippen molar-refractivity contribution in [1.29, 1.82) is 0 Å². The van der Waals surface area contributed by atoms with Crippen molar-refractivity contribution in [3.63, 3.8) is 0 Å². The van der Waals surface area contributed by atoms with Crippen LogP contribution in [0.2, 0.25) is 0 Å². The van der Waals surface area contributed by atoms with Gasteiger partial charge in [0.15, 0.2) is 0 Å². The molecule has 0 bridgehead atoms. The lowest BCUT2D eigenvalue weighted by Gasteiger charge is -2.07. The third-order valence-electron chi connectivity index (χ3n) is 2.33. The molecule has 0 fully saturated rings. The van der Waals surface area contributed by atoms with Gasteiger partial charge in [-0.15, -0.1) is 0 Å². The number of methoxy groups -OCH3 is 1. The van der Waals surface area contributed by atoms with E-state index in [1.54, 1.807) is 24.2 Å². The van der Waals surface area contributed by atoms with Crippen LogP contribution in [0.1, 0.15) is 5.69 Å². The number of para-hydroxylation sites is 2. The summed E-state index contributed by atoms with van der Waals surface area (Å²) in [6.45, 7) is 0. The van der Waals surface area contributed by atoms with E-state index < -0.39 is 5.97 Å². The molecule has 0 amide bonds. The molecule has 0 saturated heterocycles. The van der Waals surface area contributed by atoms with E-state index in [0.717, 1.165) is 5.69 Å². The van der Waals surface area contributed by atoms with E-state index in [-0.39, 0.29) is 6.42 Å². The normalized spacial score (nSPS) is 10.2. The summed E-state index contributed by atoms with van der Waals surface area (Å²) in [6, 6.07) is 7.48. The lowest BCUT2D eigenvalue weighted by atomic mass is 10.3. The third-order valence-corrected chi connectivity index (χ3v) is 2.33. The maximum atomic E-state index is 10.6. The zero-order valence-electron chi connectivity index (χ0n) is 9.33. The summed E-state index contributed by atoms with van der Waals surface area (Å²) in [5.74, 6) is -0.179. The number of benzene rings is 1. The molecule has 0 aliphatic heterocycles. The summed E-state index contributed by atoms with van der Waals surface area (Å²) < 4.78 is 6.97. The Morgan fingerprint density at radius 3 is 2.94 bits per heavy atom. The molecule has 0 aliphatic carbocycles. The van der Waals surface area contributed by atoms with Crippen molar-refractivity contribution < 1.29 is 14.6 Å². The van der Waals surface area contributed by atoms with E-state index in [1.165, 1.54) is 0 Å². The number of hydrogen-bond donors (Lipinski definition) is 1. The number of carboxylic acids is 1. The maximum Gasteiger partial charge on any atom is 0.309 e. The average molecular weight is 232 g/mol. The molecular weight excluding hydrogens is 220 g/mol. The van der Waals surface area contributed by atoms with Crippen LogP contribution in [-0.4, -0.2) is 27.7 Å². The van der Waals surface area contributed by atoms with E-state index in [2.05, 4.69) is 4.98 Å². The van der Waals surface area contributed by atoms with Gasteiger partial charge in [0.1, 0.15) is 5.75 Å². The Bertz CT molecular complexity index is 534. The molecule has 0 unspecified atom stereocenters. The molecule has 0 aliphatic rings. The first-order valence-corrected chi connectivity index (χ1v) is 5.09. The van der Waals surface area contributed by atoms with Crippen LogP contribution >= 0.6 is 0 Å². The molecule has 5 heteroatoms. The van der Waals surface area contributed by atoms with Crippen molar-refractivity contribution in [2.24, 2.45) is 0 Å². The summed E-state index contributed by atoms with van der Waals surface area (Å²) in [5.41, 5.74) is 1.35. The molecule has 17 heavy (non-hydrogen) atoms. The Hall–Kier alpha value is -2.30. The van der Waals surface area contributed by atoms with Gasteiger partial charge in [0.05, 0.1) is 31.2 Å². The zero-order chi connectivity index (χ0) is 12.3. The first kappa shape index (κ1) is 11.2. The smallest absolute Gasteiger partial charge is 0.309 e. The number of carbonyl (C=O) groups is 1. The number of hydrogen-bond acceptors (Lipinski definition) is 3. The van der Waals surface area contributed by atoms with Crippen LogP contribution in [0.3, 0.4) is 0 Å². The van der Waals surface area contributed by atoms with Gasteiger partial charge in [0.2, 0.25) is 0 Å². The number of ether oxygens (including phenoxy) is 1. The minimum Gasteiger partial charge on any atom is -0.495 e. The van der Waals surface area contributed by atoms with Crippen LogP contribution in [0.25, 0.3) is 5.69 Å². The molecule has 88 valence electrons. The van der Waals surface area contributed by atoms with Crippen molar-refractivity contribution in [2.75, 3.05) is 7.11 Å².